The number of carbonyl (C=O) groups is 2. The number of nitrogens with zero attached hydrogens (tertiary/aromatic N) is 3. The summed E-state index contributed by atoms with van der Waals surface area (Å²) >= 11 is 0. The average Bonchev–Trinajstić information content (AvgIpc) is 3.24. The Labute approximate surface area is 154 Å². The summed E-state index contributed by atoms with van der Waals surface area (Å²) in [6, 6.07) is 9.44. The molecule has 0 saturated heterocycles. The fourth-order valence-electron chi connectivity index (χ4n) is 3.79. The van der Waals surface area contributed by atoms with Crippen LogP contribution in [0.25, 0.3) is 16.9 Å². The van der Waals surface area contributed by atoms with E-state index in [4.69, 9.17) is 4.74 Å². The Morgan fingerprint density at radius 3 is 2.74 bits per heavy atom. The molecule has 1 fully saturated rings. The van der Waals surface area contributed by atoms with E-state index in [1.165, 1.54) is 0 Å². The van der Waals surface area contributed by atoms with Gasteiger partial charge in [0.25, 0.3) is 0 Å². The summed E-state index contributed by atoms with van der Waals surface area (Å²) in [6.45, 7) is 0. The predicted octanol–water partition coefficient (Wildman–Crippen LogP) is 2.65. The molecule has 0 unspecified atom stereocenters. The second-order valence-corrected chi connectivity index (χ2v) is 7.14. The lowest BCUT2D eigenvalue weighted by Crippen LogP contribution is -2.21. The molecule has 1 saturated carbocycles. The lowest BCUT2D eigenvalue weighted by Gasteiger charge is -2.09. The number of carboxylic acids is 1. The summed E-state index contributed by atoms with van der Waals surface area (Å²) in [5.41, 5.74) is 3.02. The number of carbonyl (C=O) groups excluding carboxylic acids is 1. The normalized spacial score (nSPS) is 17.1. The molecular formula is C20H17N3O4. The molecule has 1 aromatic carbocycles. The zero-order valence-electron chi connectivity index (χ0n) is 14.7. The third-order valence-electron chi connectivity index (χ3n) is 5.58. The largest absolute Gasteiger partial charge is 0.493 e. The maximum Gasteiger partial charge on any atom is 0.317 e. The van der Waals surface area contributed by atoms with Crippen LogP contribution >= 0.6 is 0 Å². The number of aromatic nitrogens is 3. The number of hydrogen-bond donors (Lipinski definition) is 1. The third-order valence-corrected chi connectivity index (χ3v) is 5.58. The molecule has 2 aliphatic carbocycles. The van der Waals surface area contributed by atoms with Gasteiger partial charge in [0.2, 0.25) is 0 Å². The number of ketones is 1. The van der Waals surface area contributed by atoms with Crippen molar-refractivity contribution in [1.29, 1.82) is 0 Å². The third kappa shape index (κ3) is 2.21. The van der Waals surface area contributed by atoms with Crippen LogP contribution in [0.15, 0.2) is 30.3 Å². The van der Waals surface area contributed by atoms with Gasteiger partial charge in [-0.15, -0.1) is 5.10 Å². The van der Waals surface area contributed by atoms with Crippen molar-refractivity contribution in [2.75, 3.05) is 7.11 Å². The number of benzene rings is 1. The smallest absolute Gasteiger partial charge is 0.317 e. The van der Waals surface area contributed by atoms with E-state index in [-0.39, 0.29) is 5.78 Å². The molecule has 7 heteroatoms. The van der Waals surface area contributed by atoms with E-state index in [9.17, 15) is 14.7 Å². The Morgan fingerprint density at radius 2 is 2.04 bits per heavy atom. The van der Waals surface area contributed by atoms with Crippen molar-refractivity contribution < 1.29 is 19.4 Å². The molecule has 5 rings (SSSR count). The molecule has 0 radical (unpaired) electrons. The van der Waals surface area contributed by atoms with Gasteiger partial charge in [0.05, 0.1) is 12.8 Å². The summed E-state index contributed by atoms with van der Waals surface area (Å²) < 4.78 is 7.05. The van der Waals surface area contributed by atoms with E-state index in [1.54, 1.807) is 11.6 Å². The molecule has 0 aliphatic heterocycles. The number of aliphatic carboxylic acids is 1. The minimum atomic E-state index is -0.987. The molecule has 2 aliphatic rings. The molecule has 3 aromatic rings. The van der Waals surface area contributed by atoms with Crippen molar-refractivity contribution in [2.24, 2.45) is 0 Å². The highest BCUT2D eigenvalue weighted by molar-refractivity contribution is 6.00. The summed E-state index contributed by atoms with van der Waals surface area (Å²) in [5.74, 6) is 0.138. The topological polar surface area (TPSA) is 93.8 Å². The van der Waals surface area contributed by atoms with Crippen LogP contribution in [-0.4, -0.2) is 38.6 Å². The van der Waals surface area contributed by atoms with Crippen LogP contribution < -0.4 is 4.74 Å². The van der Waals surface area contributed by atoms with Crippen LogP contribution in [0.1, 0.15) is 41.0 Å². The number of fused-ring (bicyclic) bond motifs is 2. The quantitative estimate of drug-likeness (QED) is 0.766. The Kier molecular flexibility index (Phi) is 3.19. The molecule has 0 spiro atoms. The lowest BCUT2D eigenvalue weighted by atomic mass is 10.0. The van der Waals surface area contributed by atoms with Crippen molar-refractivity contribution in [3.63, 3.8) is 0 Å². The fourth-order valence-corrected chi connectivity index (χ4v) is 3.79. The van der Waals surface area contributed by atoms with Gasteiger partial charge in [-0.2, -0.15) is 0 Å². The molecule has 2 heterocycles. The second-order valence-electron chi connectivity index (χ2n) is 7.14. The Bertz CT molecular complexity index is 1130. The van der Waals surface area contributed by atoms with E-state index in [0.29, 0.717) is 36.5 Å². The van der Waals surface area contributed by atoms with Gasteiger partial charge in [-0.1, -0.05) is 12.1 Å². The second kappa shape index (κ2) is 5.39. The summed E-state index contributed by atoms with van der Waals surface area (Å²) in [6.07, 6.45) is 2.37. The number of ether oxygens (including phenoxy) is 1. The van der Waals surface area contributed by atoms with E-state index < -0.39 is 11.4 Å². The highest BCUT2D eigenvalue weighted by Gasteiger charge is 2.55. The van der Waals surface area contributed by atoms with E-state index in [0.717, 1.165) is 28.8 Å². The minimum Gasteiger partial charge on any atom is -0.493 e. The molecule has 136 valence electrons. The number of Topliss-reactive ketones (excluding diaryl/α,β-unsaturated/α-hetero) is 1. The van der Waals surface area contributed by atoms with Gasteiger partial charge in [-0.3, -0.25) is 9.59 Å². The van der Waals surface area contributed by atoms with Crippen LogP contribution in [0.5, 0.6) is 5.75 Å². The van der Waals surface area contributed by atoms with Gasteiger partial charge < -0.3 is 9.84 Å². The SMILES string of the molecule is COc1ccc(-c2ccc3c(c2)CCC3=O)n2nc(C3(C(=O)O)CC3)nc12. The lowest BCUT2D eigenvalue weighted by molar-refractivity contribution is -0.140. The number of methoxy groups -OCH3 is 1. The van der Waals surface area contributed by atoms with Crippen molar-refractivity contribution in [3.05, 3.63) is 47.3 Å². The van der Waals surface area contributed by atoms with Gasteiger partial charge in [-0.25, -0.2) is 9.50 Å². The average molecular weight is 363 g/mol. The first-order valence-electron chi connectivity index (χ1n) is 8.88. The number of hydrogen-bond acceptors (Lipinski definition) is 5. The van der Waals surface area contributed by atoms with Gasteiger partial charge in [-0.05, 0) is 43.0 Å². The zero-order valence-corrected chi connectivity index (χ0v) is 14.7. The van der Waals surface area contributed by atoms with Crippen molar-refractivity contribution in [2.45, 2.75) is 31.1 Å². The van der Waals surface area contributed by atoms with E-state index >= 15 is 0 Å². The van der Waals surface area contributed by atoms with Crippen molar-refractivity contribution in [3.8, 4) is 17.0 Å². The molecule has 1 N–H and O–H groups in total. The van der Waals surface area contributed by atoms with Crippen LogP contribution in [0.4, 0.5) is 0 Å². The molecule has 27 heavy (non-hydrogen) atoms. The highest BCUT2D eigenvalue weighted by atomic mass is 16.5. The van der Waals surface area contributed by atoms with Crippen LogP contribution in [0, 0.1) is 0 Å². The fraction of sp³-hybridized carbons (Fsp3) is 0.300. The molecule has 7 nitrogen and oxygen atoms in total. The maximum atomic E-state index is 11.9. The number of rotatable bonds is 4. The van der Waals surface area contributed by atoms with Crippen LogP contribution in [0.2, 0.25) is 0 Å². The van der Waals surface area contributed by atoms with Gasteiger partial charge in [0, 0.05) is 17.5 Å². The Hall–Kier alpha value is -3.22. The Morgan fingerprint density at radius 1 is 1.22 bits per heavy atom. The maximum absolute atomic E-state index is 11.9. The zero-order chi connectivity index (χ0) is 18.8. The molecule has 0 amide bonds. The standard InChI is InChI=1S/C20H17N3O4/c1-27-16-7-5-14(12-2-4-13-11(10-12)3-6-15(13)24)23-17(16)21-18(22-23)20(8-9-20)19(25)26/h2,4-5,7,10H,3,6,8-9H2,1H3,(H,25,26). The number of aryl methyl sites for hydroxylation is 1. The summed E-state index contributed by atoms with van der Waals surface area (Å²) in [7, 11) is 1.55. The molecule has 0 atom stereocenters. The monoisotopic (exact) mass is 363 g/mol. The van der Waals surface area contributed by atoms with Gasteiger partial charge in [0.15, 0.2) is 23.0 Å². The highest BCUT2D eigenvalue weighted by Crippen LogP contribution is 2.47. The molecular weight excluding hydrogens is 346 g/mol. The predicted molar refractivity (Wildman–Crippen MR) is 96.2 cm³/mol. The Balaban J connectivity index is 1.71. The van der Waals surface area contributed by atoms with Crippen molar-refractivity contribution >= 4 is 17.4 Å². The van der Waals surface area contributed by atoms with Crippen LogP contribution in [-0.2, 0) is 16.6 Å². The minimum absolute atomic E-state index is 0.177. The van der Waals surface area contributed by atoms with Gasteiger partial charge in [0.1, 0.15) is 5.41 Å². The van der Waals surface area contributed by atoms with E-state index in [2.05, 4.69) is 10.1 Å². The van der Waals surface area contributed by atoms with E-state index in [1.807, 2.05) is 30.3 Å². The molecule has 0 bridgehead atoms. The number of carboxylic acid groups (broad SMARTS) is 1. The van der Waals surface area contributed by atoms with Gasteiger partial charge >= 0.3 is 5.97 Å². The number of pyridine rings is 1. The van der Waals surface area contributed by atoms with Crippen molar-refractivity contribution in [1.82, 2.24) is 14.6 Å². The first-order chi connectivity index (χ1) is 13.0. The van der Waals surface area contributed by atoms with Crippen LogP contribution in [0.3, 0.4) is 0 Å². The molecule has 2 aromatic heterocycles. The first kappa shape index (κ1) is 16.0. The summed E-state index contributed by atoms with van der Waals surface area (Å²) in [5, 5.41) is 14.1. The first-order valence-corrected chi connectivity index (χ1v) is 8.88. The summed E-state index contributed by atoms with van der Waals surface area (Å²) in [4.78, 5) is 28.1.